The number of pyridine rings is 1. The average molecular weight is 199 g/mol. The number of nitrogens with zero attached hydrogens (tertiary/aromatic N) is 1. The van der Waals surface area contributed by atoms with Crippen LogP contribution in [0.4, 0.5) is 0 Å². The lowest BCUT2D eigenvalue weighted by Gasteiger charge is -2.01. The Morgan fingerprint density at radius 2 is 1.93 bits per heavy atom. The number of hydrogen-bond acceptors (Lipinski definition) is 1. The van der Waals surface area contributed by atoms with E-state index in [0.717, 1.165) is 11.3 Å². The van der Waals surface area contributed by atoms with Crippen LogP contribution in [-0.4, -0.2) is 4.98 Å². The summed E-state index contributed by atoms with van der Waals surface area (Å²) in [5.74, 6) is 0. The van der Waals surface area contributed by atoms with Crippen LogP contribution in [0.3, 0.4) is 0 Å². The number of fused-ring (bicyclic) bond motifs is 1. The van der Waals surface area contributed by atoms with E-state index in [0.29, 0.717) is 0 Å². The molecule has 0 saturated carbocycles. The van der Waals surface area contributed by atoms with Crippen molar-refractivity contribution in [2.24, 2.45) is 0 Å². The maximum Gasteiger partial charge on any atom is 0.0451 e. The van der Waals surface area contributed by atoms with Gasteiger partial charge in [0.1, 0.15) is 0 Å². The van der Waals surface area contributed by atoms with Crippen molar-refractivity contribution in [1.29, 1.82) is 0 Å². The van der Waals surface area contributed by atoms with Gasteiger partial charge in [-0.25, -0.2) is 0 Å². The lowest BCUT2D eigenvalue weighted by molar-refractivity contribution is 1.24. The molecule has 78 valence electrons. The van der Waals surface area contributed by atoms with Crippen LogP contribution in [0, 0.1) is 6.92 Å². The average Bonchev–Trinajstić information content (AvgIpc) is 2.32. The van der Waals surface area contributed by atoms with Crippen molar-refractivity contribution >= 4 is 16.8 Å². The second kappa shape index (κ2) is 5.30. The van der Waals surface area contributed by atoms with Gasteiger partial charge < -0.3 is 0 Å². The van der Waals surface area contributed by atoms with E-state index in [1.54, 1.807) is 0 Å². The molecule has 0 N–H and O–H groups in total. The van der Waals surface area contributed by atoms with Gasteiger partial charge in [0, 0.05) is 17.3 Å². The molecule has 1 nitrogen and oxygen atoms in total. The number of hydrogen-bond donors (Lipinski definition) is 0. The Labute approximate surface area is 91.5 Å². The van der Waals surface area contributed by atoms with Gasteiger partial charge in [0.05, 0.1) is 0 Å². The van der Waals surface area contributed by atoms with Gasteiger partial charge in [0.25, 0.3) is 0 Å². The van der Waals surface area contributed by atoms with Gasteiger partial charge in [-0.3, -0.25) is 4.98 Å². The highest BCUT2D eigenvalue weighted by molar-refractivity contribution is 5.86. The molecule has 0 bridgehead atoms. The maximum absolute atomic E-state index is 4.25. The zero-order valence-corrected chi connectivity index (χ0v) is 9.62. The Bertz CT molecular complexity index is 458. The van der Waals surface area contributed by atoms with Crippen LogP contribution in [0.2, 0.25) is 0 Å². The summed E-state index contributed by atoms with van der Waals surface area (Å²) in [6.07, 6.45) is 3.69. The maximum atomic E-state index is 4.25. The van der Waals surface area contributed by atoms with Gasteiger partial charge in [-0.05, 0) is 30.0 Å². The van der Waals surface area contributed by atoms with Gasteiger partial charge >= 0.3 is 0 Å². The van der Waals surface area contributed by atoms with Crippen LogP contribution >= 0.6 is 0 Å². The molecule has 2 rings (SSSR count). The van der Waals surface area contributed by atoms with Crippen molar-refractivity contribution in [1.82, 2.24) is 4.98 Å². The molecule has 0 amide bonds. The van der Waals surface area contributed by atoms with Crippen LogP contribution in [0.25, 0.3) is 16.8 Å². The third-order valence-corrected chi connectivity index (χ3v) is 2.23. The first-order valence-electron chi connectivity index (χ1n) is 5.29. The molecule has 0 spiro atoms. The summed E-state index contributed by atoms with van der Waals surface area (Å²) in [6, 6.07) is 8.30. The molecule has 0 fully saturated rings. The summed E-state index contributed by atoms with van der Waals surface area (Å²) in [5.41, 5.74) is 2.21. The summed E-state index contributed by atoms with van der Waals surface area (Å²) in [7, 11) is 0. The summed E-state index contributed by atoms with van der Waals surface area (Å²) in [4.78, 5) is 4.25. The molecule has 1 aromatic carbocycles. The SMILES string of the molecule is C=Cc1ccc2ccnc(C)c2c1.CC. The standard InChI is InChI=1S/C12H11N.C2H6/c1-3-10-4-5-11-6-7-13-9(2)12(11)8-10;1-2/h3-8H,1H2,2H3;1-2H3. The predicted molar refractivity (Wildman–Crippen MR) is 67.9 cm³/mol. The highest BCUT2D eigenvalue weighted by Crippen LogP contribution is 2.18. The zero-order chi connectivity index (χ0) is 11.3. The molecule has 0 aliphatic rings. The molecule has 1 heteroatoms. The van der Waals surface area contributed by atoms with E-state index in [1.807, 2.05) is 39.1 Å². The van der Waals surface area contributed by atoms with E-state index in [2.05, 4.69) is 29.8 Å². The van der Waals surface area contributed by atoms with E-state index in [4.69, 9.17) is 0 Å². The molecule has 0 aliphatic heterocycles. The largest absolute Gasteiger partial charge is 0.261 e. The summed E-state index contributed by atoms with van der Waals surface area (Å²) < 4.78 is 0. The normalized spacial score (nSPS) is 9.27. The Balaban J connectivity index is 0.000000531. The van der Waals surface area contributed by atoms with E-state index in [9.17, 15) is 0 Å². The van der Waals surface area contributed by atoms with Crippen LogP contribution in [0.15, 0.2) is 37.0 Å². The van der Waals surface area contributed by atoms with Gasteiger partial charge in [0.15, 0.2) is 0 Å². The number of aromatic nitrogens is 1. The Hall–Kier alpha value is -1.63. The Morgan fingerprint density at radius 1 is 1.20 bits per heavy atom. The number of rotatable bonds is 1. The molecule has 0 aliphatic carbocycles. The molecule has 0 unspecified atom stereocenters. The lowest BCUT2D eigenvalue weighted by atomic mass is 10.1. The molecule has 0 atom stereocenters. The summed E-state index contributed by atoms with van der Waals surface area (Å²) in [5, 5.41) is 2.44. The number of aryl methyl sites for hydroxylation is 1. The highest BCUT2D eigenvalue weighted by Gasteiger charge is 1.97. The van der Waals surface area contributed by atoms with Crippen LogP contribution in [0.5, 0.6) is 0 Å². The molecule has 15 heavy (non-hydrogen) atoms. The van der Waals surface area contributed by atoms with Crippen LogP contribution in [0.1, 0.15) is 25.1 Å². The fraction of sp³-hybridized carbons (Fsp3) is 0.214. The summed E-state index contributed by atoms with van der Waals surface area (Å²) in [6.45, 7) is 9.77. The first kappa shape index (κ1) is 11.4. The first-order valence-corrected chi connectivity index (χ1v) is 5.29. The van der Waals surface area contributed by atoms with Crippen molar-refractivity contribution in [3.05, 3.63) is 48.3 Å². The van der Waals surface area contributed by atoms with E-state index in [-0.39, 0.29) is 0 Å². The van der Waals surface area contributed by atoms with Gasteiger partial charge in [0.2, 0.25) is 0 Å². The predicted octanol–water partition coefficient (Wildman–Crippen LogP) is 4.21. The minimum absolute atomic E-state index is 1.07. The number of benzene rings is 1. The van der Waals surface area contributed by atoms with Gasteiger partial charge in [-0.1, -0.05) is 38.6 Å². The highest BCUT2D eigenvalue weighted by atomic mass is 14.7. The van der Waals surface area contributed by atoms with E-state index in [1.165, 1.54) is 10.8 Å². The van der Waals surface area contributed by atoms with Crippen molar-refractivity contribution in [2.45, 2.75) is 20.8 Å². The van der Waals surface area contributed by atoms with Crippen molar-refractivity contribution in [3.8, 4) is 0 Å². The molecule has 2 aromatic rings. The molecule has 0 saturated heterocycles. The lowest BCUT2D eigenvalue weighted by Crippen LogP contribution is -1.83. The quantitative estimate of drug-likeness (QED) is 0.670. The zero-order valence-electron chi connectivity index (χ0n) is 9.62. The minimum Gasteiger partial charge on any atom is -0.261 e. The fourth-order valence-corrected chi connectivity index (χ4v) is 1.46. The third-order valence-electron chi connectivity index (χ3n) is 2.23. The van der Waals surface area contributed by atoms with Crippen molar-refractivity contribution in [2.75, 3.05) is 0 Å². The molecular weight excluding hydrogens is 182 g/mol. The second-order valence-corrected chi connectivity index (χ2v) is 3.08. The van der Waals surface area contributed by atoms with E-state index >= 15 is 0 Å². The Kier molecular flexibility index (Phi) is 4.04. The van der Waals surface area contributed by atoms with Crippen molar-refractivity contribution < 1.29 is 0 Å². The van der Waals surface area contributed by atoms with Gasteiger partial charge in [-0.2, -0.15) is 0 Å². The summed E-state index contributed by atoms with van der Waals surface area (Å²) >= 11 is 0. The van der Waals surface area contributed by atoms with Crippen molar-refractivity contribution in [3.63, 3.8) is 0 Å². The van der Waals surface area contributed by atoms with E-state index < -0.39 is 0 Å². The molecule has 0 radical (unpaired) electrons. The minimum atomic E-state index is 1.07. The molecule has 1 heterocycles. The third kappa shape index (κ3) is 2.44. The fourth-order valence-electron chi connectivity index (χ4n) is 1.46. The first-order chi connectivity index (χ1) is 7.31. The second-order valence-electron chi connectivity index (χ2n) is 3.08. The molecular formula is C14H17N. The smallest absolute Gasteiger partial charge is 0.0451 e. The Morgan fingerprint density at radius 3 is 2.60 bits per heavy atom. The molecule has 1 aromatic heterocycles. The van der Waals surface area contributed by atoms with Crippen LogP contribution in [-0.2, 0) is 0 Å². The monoisotopic (exact) mass is 199 g/mol. The van der Waals surface area contributed by atoms with Crippen LogP contribution < -0.4 is 0 Å². The topological polar surface area (TPSA) is 12.9 Å². The van der Waals surface area contributed by atoms with Gasteiger partial charge in [-0.15, -0.1) is 0 Å².